The van der Waals surface area contributed by atoms with Gasteiger partial charge >= 0.3 is 5.97 Å². The molecule has 192 valence electrons. The van der Waals surface area contributed by atoms with Crippen LogP contribution in [-0.2, 0) is 16.0 Å². The van der Waals surface area contributed by atoms with Crippen LogP contribution >= 0.6 is 0 Å². The first-order valence-electron chi connectivity index (χ1n) is 13.1. The van der Waals surface area contributed by atoms with Gasteiger partial charge in [-0.25, -0.2) is 4.79 Å². The van der Waals surface area contributed by atoms with E-state index in [0.29, 0.717) is 4.59 Å². The van der Waals surface area contributed by atoms with Gasteiger partial charge in [0.05, 0.1) is 6.08 Å². The normalized spacial score (nSPS) is 19.8. The van der Waals surface area contributed by atoms with Crippen molar-refractivity contribution in [3.8, 4) is 11.1 Å². The number of unbranched alkanes of at least 4 members (excludes halogenated alkanes) is 1. The molecule has 1 atom stereocenters. The van der Waals surface area contributed by atoms with Crippen LogP contribution in [0.3, 0.4) is 0 Å². The third-order valence-electron chi connectivity index (χ3n) is 6.96. The minimum absolute atomic E-state index is 0.156. The van der Waals surface area contributed by atoms with Crippen LogP contribution < -0.4 is 4.59 Å². The van der Waals surface area contributed by atoms with Crippen LogP contribution in [-0.4, -0.2) is 29.8 Å². The third-order valence-corrected chi connectivity index (χ3v) is 6.96. The number of nitrogens with zero attached hydrogens (tertiary/aromatic N) is 3. The first-order valence-corrected chi connectivity index (χ1v) is 13.1. The number of cyclic esters (lactones) is 1. The molecule has 0 bridgehead atoms. The van der Waals surface area contributed by atoms with E-state index in [1.54, 1.807) is 6.08 Å². The summed E-state index contributed by atoms with van der Waals surface area (Å²) in [6.45, 7) is 2.20. The van der Waals surface area contributed by atoms with Gasteiger partial charge in [0.1, 0.15) is 7.05 Å². The molecule has 0 amide bonds. The summed E-state index contributed by atoms with van der Waals surface area (Å²) in [5.41, 5.74) is 5.17. The molecule has 6 nitrogen and oxygen atoms in total. The molecular weight excluding hydrogens is 474 g/mol. The van der Waals surface area contributed by atoms with E-state index in [-0.39, 0.29) is 11.5 Å². The molecule has 0 spiro atoms. The minimum Gasteiger partial charge on any atom is -0.504 e. The molecule has 0 aliphatic carbocycles. The molecule has 0 radical (unpaired) electrons. The predicted molar refractivity (Wildman–Crippen MR) is 154 cm³/mol. The number of hydrogen-bond acceptors (Lipinski definition) is 5. The Kier molecular flexibility index (Phi) is 7.33. The molecule has 0 aromatic heterocycles. The van der Waals surface area contributed by atoms with Crippen molar-refractivity contribution in [1.29, 1.82) is 0 Å². The van der Waals surface area contributed by atoms with Crippen molar-refractivity contribution in [2.24, 2.45) is 10.1 Å². The van der Waals surface area contributed by atoms with E-state index in [9.17, 15) is 9.90 Å². The van der Waals surface area contributed by atoms with Crippen molar-refractivity contribution in [3.63, 3.8) is 0 Å². The van der Waals surface area contributed by atoms with Gasteiger partial charge in [-0.3, -0.25) is 0 Å². The number of quaternary nitrogens is 1. The summed E-state index contributed by atoms with van der Waals surface area (Å²) < 4.78 is 5.46. The van der Waals surface area contributed by atoms with E-state index in [1.165, 1.54) is 5.56 Å². The highest BCUT2D eigenvalue weighted by atomic mass is 16.6. The first kappa shape index (κ1) is 25.4. The Labute approximate surface area is 223 Å². The number of aryl methyl sites for hydroxylation is 1. The molecule has 5 rings (SSSR count). The topological polar surface area (TPSA) is 71.2 Å². The van der Waals surface area contributed by atoms with E-state index in [1.807, 2.05) is 30.3 Å². The molecule has 1 unspecified atom stereocenters. The van der Waals surface area contributed by atoms with Gasteiger partial charge in [-0.1, -0.05) is 73.0 Å². The maximum absolute atomic E-state index is 11.5. The summed E-state index contributed by atoms with van der Waals surface area (Å²) in [7, 11) is 2.11. The van der Waals surface area contributed by atoms with Crippen LogP contribution in [0.1, 0.15) is 43.7 Å². The van der Waals surface area contributed by atoms with Crippen molar-refractivity contribution in [1.82, 2.24) is 4.59 Å². The van der Waals surface area contributed by atoms with Crippen molar-refractivity contribution < 1.29 is 14.6 Å². The van der Waals surface area contributed by atoms with Crippen LogP contribution in [0.25, 0.3) is 17.2 Å². The van der Waals surface area contributed by atoms with E-state index in [0.717, 1.165) is 72.2 Å². The number of benzene rings is 3. The van der Waals surface area contributed by atoms with Gasteiger partial charge in [0.2, 0.25) is 5.84 Å². The second kappa shape index (κ2) is 11.0. The Morgan fingerprint density at radius 1 is 0.921 bits per heavy atom. The number of ether oxygens (including phenoxy) is 1. The van der Waals surface area contributed by atoms with Gasteiger partial charge in [-0.05, 0) is 53.3 Å². The number of aliphatic hydroxyl groups excluding tert-OH is 1. The zero-order valence-electron chi connectivity index (χ0n) is 21.8. The smallest absolute Gasteiger partial charge is 0.340 e. The van der Waals surface area contributed by atoms with E-state index < -0.39 is 5.97 Å². The summed E-state index contributed by atoms with van der Waals surface area (Å²) in [6.07, 6.45) is 7.56. The van der Waals surface area contributed by atoms with Crippen molar-refractivity contribution >= 4 is 29.4 Å². The average molecular weight is 507 g/mol. The number of esters is 1. The zero-order chi connectivity index (χ0) is 26.5. The number of rotatable bonds is 9. The Morgan fingerprint density at radius 2 is 1.66 bits per heavy atom. The molecule has 0 saturated carbocycles. The minimum atomic E-state index is -0.567. The summed E-state index contributed by atoms with van der Waals surface area (Å²) >= 11 is 0. The average Bonchev–Trinajstić information content (AvgIpc) is 3.44. The van der Waals surface area contributed by atoms with Crippen LogP contribution in [0, 0.1) is 0 Å². The second-order valence-electron chi connectivity index (χ2n) is 9.69. The maximum atomic E-state index is 11.5. The van der Waals surface area contributed by atoms with Crippen molar-refractivity contribution in [2.45, 2.75) is 39.0 Å². The van der Waals surface area contributed by atoms with E-state index in [2.05, 4.69) is 62.5 Å². The van der Waals surface area contributed by atoms with Crippen LogP contribution in [0.5, 0.6) is 0 Å². The highest BCUT2D eigenvalue weighted by molar-refractivity contribution is 6.07. The molecule has 6 heteroatoms. The highest BCUT2D eigenvalue weighted by Gasteiger charge is 2.38. The molecule has 38 heavy (non-hydrogen) atoms. The lowest BCUT2D eigenvalue weighted by Gasteiger charge is -2.24. The standard InChI is InChI=1S/C32H31N3O3/c1-3-4-14-31-33-30(20-15-23-10-6-5-7-11-23)34-35(31,2)26-18-16-24(17-19-26)27-13-9-8-12-25(27)21-29-28(36)22-32(37)38-29/h5-13,16-19,21-22H,3-4,14-15,20H2,1-2H3/p+1/b29-21-. The maximum Gasteiger partial charge on any atom is 0.340 e. The Balaban J connectivity index is 1.42. The van der Waals surface area contributed by atoms with Gasteiger partial charge in [0, 0.05) is 25.0 Å². The monoisotopic (exact) mass is 506 g/mol. The molecule has 2 heterocycles. The fourth-order valence-electron chi connectivity index (χ4n) is 4.81. The molecule has 0 fully saturated rings. The number of aliphatic imine (C=N–C) groups is 1. The molecule has 1 N–H and O–H groups in total. The fourth-order valence-corrected chi connectivity index (χ4v) is 4.81. The summed E-state index contributed by atoms with van der Waals surface area (Å²) in [6, 6.07) is 26.7. The van der Waals surface area contributed by atoms with Gasteiger partial charge < -0.3 is 9.84 Å². The Bertz CT molecular complexity index is 1450. The lowest BCUT2D eigenvalue weighted by atomic mass is 9.98. The molecule has 2 aliphatic heterocycles. The van der Waals surface area contributed by atoms with Crippen LogP contribution in [0.2, 0.25) is 0 Å². The lowest BCUT2D eigenvalue weighted by molar-refractivity contribution is -0.132. The summed E-state index contributed by atoms with van der Waals surface area (Å²) in [4.78, 5) is 16.5. The summed E-state index contributed by atoms with van der Waals surface area (Å²) in [5.74, 6) is 1.39. The molecule has 3 aromatic carbocycles. The molecule has 2 aliphatic rings. The predicted octanol–water partition coefficient (Wildman–Crippen LogP) is 7.18. The van der Waals surface area contributed by atoms with Crippen LogP contribution in [0.4, 0.5) is 5.69 Å². The third kappa shape index (κ3) is 5.36. The SMILES string of the molecule is CCCCC1=NC(CCc2ccccc2)=N[N+]1(C)c1ccc(-c2ccccc2/C=C2\OC(=O)C=C2O)cc1. The van der Waals surface area contributed by atoms with E-state index in [4.69, 9.17) is 14.8 Å². The Morgan fingerprint density at radius 3 is 2.37 bits per heavy atom. The van der Waals surface area contributed by atoms with Gasteiger partial charge in [-0.15, -0.1) is 4.59 Å². The largest absolute Gasteiger partial charge is 0.504 e. The highest BCUT2D eigenvalue weighted by Crippen LogP contribution is 2.33. The van der Waals surface area contributed by atoms with Gasteiger partial charge in [0.25, 0.3) is 0 Å². The number of amidine groups is 2. The molecule has 3 aromatic rings. The molecule has 0 saturated heterocycles. The number of hydrogen-bond donors (Lipinski definition) is 1. The quantitative estimate of drug-likeness (QED) is 0.247. The summed E-state index contributed by atoms with van der Waals surface area (Å²) in [5, 5.41) is 15.1. The first-order chi connectivity index (χ1) is 18.5. The van der Waals surface area contributed by atoms with Crippen molar-refractivity contribution in [3.05, 3.63) is 108 Å². The molecular formula is C32H32N3O3+. The number of aliphatic hydroxyl groups is 1. The fraction of sp³-hybridized carbons (Fsp3) is 0.219. The zero-order valence-corrected chi connectivity index (χ0v) is 21.8. The second-order valence-corrected chi connectivity index (χ2v) is 9.69. The lowest BCUT2D eigenvalue weighted by Crippen LogP contribution is -2.43. The van der Waals surface area contributed by atoms with Crippen LogP contribution in [0.15, 0.2) is 107 Å². The van der Waals surface area contributed by atoms with Gasteiger partial charge in [0.15, 0.2) is 23.0 Å². The number of carbonyl (C=O) groups excluding carboxylic acids is 1. The van der Waals surface area contributed by atoms with Crippen molar-refractivity contribution in [2.75, 3.05) is 7.05 Å². The van der Waals surface area contributed by atoms with Gasteiger partial charge in [-0.2, -0.15) is 4.99 Å². The van der Waals surface area contributed by atoms with E-state index >= 15 is 0 Å². The Hall–Kier alpha value is -4.29. The number of carbonyl (C=O) groups is 1.